The molecule has 0 aromatic carbocycles. The number of carbonyl (C=O) groups is 1. The molecule has 0 saturated carbocycles. The van der Waals surface area contributed by atoms with Crippen LogP contribution in [0.4, 0.5) is 0 Å². The van der Waals surface area contributed by atoms with Gasteiger partial charge in [0.05, 0.1) is 0 Å². The maximum Gasteiger partial charge on any atom is 0.250 e. The molecular formula is C43H76N12OS4. The van der Waals surface area contributed by atoms with Crippen LogP contribution < -0.4 is 9.60 Å². The van der Waals surface area contributed by atoms with Crippen LogP contribution in [0, 0.1) is 30.6 Å². The van der Waals surface area contributed by atoms with Crippen molar-refractivity contribution in [3.63, 3.8) is 0 Å². The van der Waals surface area contributed by atoms with Gasteiger partial charge in [-0.15, -0.1) is 38.0 Å². The zero-order valence-corrected chi connectivity index (χ0v) is 42.9. The van der Waals surface area contributed by atoms with Crippen LogP contribution in [0.15, 0.2) is 57.7 Å². The van der Waals surface area contributed by atoms with E-state index in [2.05, 4.69) is 150 Å². The van der Waals surface area contributed by atoms with Gasteiger partial charge in [-0.1, -0.05) is 78.9 Å². The van der Waals surface area contributed by atoms with E-state index in [9.17, 15) is 4.79 Å². The number of rotatable bonds is 12. The average molecular weight is 905 g/mol. The first-order valence-electron chi connectivity index (χ1n) is 21.3. The van der Waals surface area contributed by atoms with E-state index >= 15 is 0 Å². The molecule has 17 heteroatoms. The van der Waals surface area contributed by atoms with E-state index < -0.39 is 0 Å². The first-order chi connectivity index (χ1) is 28.2. The van der Waals surface area contributed by atoms with Crippen molar-refractivity contribution in [2.75, 3.05) is 18.1 Å². The van der Waals surface area contributed by atoms with Crippen LogP contribution >= 0.6 is 46.2 Å². The topological polar surface area (TPSA) is 132 Å². The van der Waals surface area contributed by atoms with Crippen LogP contribution in [0.1, 0.15) is 141 Å². The number of aryl methyl sites for hydroxylation is 1. The fraction of sp³-hybridized carbons (Fsp3) is 0.698. The van der Waals surface area contributed by atoms with E-state index in [-0.39, 0.29) is 11.9 Å². The number of aliphatic imine (C=N–C) groups is 1. The Labute approximate surface area is 378 Å². The molecule has 4 heterocycles. The van der Waals surface area contributed by atoms with E-state index in [1.807, 2.05) is 69.7 Å². The van der Waals surface area contributed by atoms with Crippen molar-refractivity contribution in [2.24, 2.45) is 64.4 Å². The van der Waals surface area contributed by atoms with Gasteiger partial charge in [-0.3, -0.25) is 9.79 Å². The highest BCUT2D eigenvalue weighted by Gasteiger charge is 2.25. The molecule has 2 aromatic heterocycles. The van der Waals surface area contributed by atoms with Gasteiger partial charge in [0.25, 0.3) is 0 Å². The minimum Gasteiger partial charge on any atom is -0.347 e. The minimum absolute atomic E-state index is 0.0371. The average Bonchev–Trinajstić information content (AvgIpc) is 3.78. The Hall–Kier alpha value is -3.15. The molecule has 2 aliphatic heterocycles. The molecule has 2 aliphatic rings. The molecule has 2 fully saturated rings. The standard InChI is InChI=1S/C11H19N3OS.C11H19N3S.C11H21N3S.C10H17N3S/c1-8(2)7-12-14-10(15)5-6-16-11(14)13-9(3)4;1-8(2)6-12-13-11-14(9(3)4)10(5)7-15-11;1-9(2)8-12-13-11-14(10(3)4)6-5-7-15-11;1-8(2)7-11-12-10-13(9(3)4)5-6-14-10/h7-9H,5-6H2,1-4H3;6-9H,1-5H3;8-10H,5-7H2,1-4H3;5-9H,1-4H3/b12-7+,13-11?;12-6+,13-11-;12-8+,13-11-;11-7+,12-10-. The molecule has 0 radical (unpaired) electrons. The number of thioether (sulfide) groups is 2. The smallest absolute Gasteiger partial charge is 0.250 e. The summed E-state index contributed by atoms with van der Waals surface area (Å²) in [5.41, 5.74) is 1.24. The zero-order valence-electron chi connectivity index (χ0n) is 39.6. The van der Waals surface area contributed by atoms with E-state index in [4.69, 9.17) is 0 Å². The van der Waals surface area contributed by atoms with Gasteiger partial charge >= 0.3 is 0 Å². The number of hydrogen-bond donors (Lipinski definition) is 0. The summed E-state index contributed by atoms with van der Waals surface area (Å²) in [5.74, 6) is 3.70. The molecule has 0 aliphatic carbocycles. The number of thiazole rings is 2. The third-order valence-corrected chi connectivity index (χ3v) is 11.3. The Morgan fingerprint density at radius 2 is 1.18 bits per heavy atom. The Bertz CT molecular complexity index is 1840. The highest BCUT2D eigenvalue weighted by molar-refractivity contribution is 8.14. The molecule has 0 N–H and O–H groups in total. The van der Waals surface area contributed by atoms with Gasteiger partial charge in [0.2, 0.25) is 15.5 Å². The quantitative estimate of drug-likeness (QED) is 0.155. The highest BCUT2D eigenvalue weighted by Crippen LogP contribution is 2.21. The number of amides is 1. The fourth-order valence-corrected chi connectivity index (χ4v) is 8.57. The maximum atomic E-state index is 11.7. The molecule has 1 amide bonds. The second-order valence-corrected chi connectivity index (χ2v) is 20.6. The van der Waals surface area contributed by atoms with Crippen LogP contribution in [0.5, 0.6) is 0 Å². The van der Waals surface area contributed by atoms with E-state index in [0.29, 0.717) is 48.2 Å². The zero-order chi connectivity index (χ0) is 45.4. The maximum absolute atomic E-state index is 11.7. The number of nitrogens with zero attached hydrogens (tertiary/aromatic N) is 12. The summed E-state index contributed by atoms with van der Waals surface area (Å²) in [6.45, 7) is 36.8. The molecule has 0 atom stereocenters. The van der Waals surface area contributed by atoms with Gasteiger partial charge < -0.3 is 14.0 Å². The number of amidine groups is 2. The predicted molar refractivity (Wildman–Crippen MR) is 267 cm³/mol. The molecule has 0 unspecified atom stereocenters. The van der Waals surface area contributed by atoms with E-state index in [0.717, 1.165) is 32.2 Å². The van der Waals surface area contributed by atoms with E-state index in [1.165, 1.54) is 22.9 Å². The Morgan fingerprint density at radius 3 is 1.70 bits per heavy atom. The summed E-state index contributed by atoms with van der Waals surface area (Å²) in [6, 6.07) is 1.58. The fourth-order valence-electron chi connectivity index (χ4n) is 4.77. The van der Waals surface area contributed by atoms with Gasteiger partial charge in [0.1, 0.15) is 0 Å². The molecule has 4 rings (SSSR count). The van der Waals surface area contributed by atoms with Crippen LogP contribution in [0.25, 0.3) is 0 Å². The highest BCUT2D eigenvalue weighted by atomic mass is 32.2. The number of aromatic nitrogens is 2. The normalized spacial score (nSPS) is 17.4. The van der Waals surface area contributed by atoms with Crippen molar-refractivity contribution in [1.29, 1.82) is 0 Å². The number of hydrazone groups is 1. The van der Waals surface area contributed by atoms with Crippen molar-refractivity contribution in [3.8, 4) is 0 Å². The lowest BCUT2D eigenvalue weighted by molar-refractivity contribution is -0.127. The third kappa shape index (κ3) is 22.6. The molecular weight excluding hydrogens is 829 g/mol. The summed E-state index contributed by atoms with van der Waals surface area (Å²) in [7, 11) is 0. The summed E-state index contributed by atoms with van der Waals surface area (Å²) in [4.78, 5) is 20.4. The van der Waals surface area contributed by atoms with Crippen LogP contribution in [0.2, 0.25) is 0 Å². The molecule has 2 aromatic rings. The SMILES string of the molecule is CC(C)/C=N/N1C(=O)CCSC1=NC(C)C.CC(C)/C=N/N=C1\SCCCN1C(C)C.CC(C)/C=N/N=c1\sccn1C(C)C.Cc1cs/c(=N\N=C\C(C)C)n1C(C)C. The Morgan fingerprint density at radius 1 is 0.633 bits per heavy atom. The largest absolute Gasteiger partial charge is 0.347 e. The van der Waals surface area contributed by atoms with Gasteiger partial charge in [-0.2, -0.15) is 25.4 Å². The summed E-state index contributed by atoms with van der Waals surface area (Å²) >= 11 is 6.66. The summed E-state index contributed by atoms with van der Waals surface area (Å²) in [6.07, 6.45) is 11.2. The van der Waals surface area contributed by atoms with Crippen molar-refractivity contribution >= 4 is 87.3 Å². The van der Waals surface area contributed by atoms with Gasteiger partial charge in [0, 0.05) is 96.1 Å². The van der Waals surface area contributed by atoms with E-state index in [1.54, 1.807) is 40.7 Å². The Kier molecular flexibility index (Phi) is 27.4. The van der Waals surface area contributed by atoms with Crippen LogP contribution in [0.3, 0.4) is 0 Å². The lowest BCUT2D eigenvalue weighted by Gasteiger charge is -2.32. The minimum atomic E-state index is 0.0371. The second-order valence-electron chi connectivity index (χ2n) is 16.7. The number of carbonyl (C=O) groups excluding carboxylic acids is 1. The second kappa shape index (κ2) is 30.0. The van der Waals surface area contributed by atoms with Gasteiger partial charge in [-0.25, -0.2) is 0 Å². The van der Waals surface area contributed by atoms with Crippen LogP contribution in [-0.4, -0.2) is 90.3 Å². The monoisotopic (exact) mass is 905 g/mol. The Balaban J connectivity index is 0.000000400. The lowest BCUT2D eigenvalue weighted by atomic mass is 10.3. The first-order valence-corrected chi connectivity index (χ1v) is 25.0. The molecule has 0 spiro atoms. The van der Waals surface area contributed by atoms with Crippen molar-refractivity contribution in [1.82, 2.24) is 19.0 Å². The van der Waals surface area contributed by atoms with Crippen LogP contribution in [-0.2, 0) is 4.79 Å². The first kappa shape index (κ1) is 54.9. The molecule has 60 heavy (non-hydrogen) atoms. The van der Waals surface area contributed by atoms with Crippen molar-refractivity contribution in [2.45, 2.75) is 155 Å². The number of hydrogen-bond acceptors (Lipinski definition) is 13. The molecule has 0 bridgehead atoms. The third-order valence-electron chi connectivity index (χ3n) is 7.59. The van der Waals surface area contributed by atoms with Crippen molar-refractivity contribution < 1.29 is 4.79 Å². The molecule has 338 valence electrons. The van der Waals surface area contributed by atoms with Crippen molar-refractivity contribution in [3.05, 3.63) is 32.3 Å². The molecule has 2 saturated heterocycles. The predicted octanol–water partition coefficient (Wildman–Crippen LogP) is 10.8. The van der Waals surface area contributed by atoms with Gasteiger partial charge in [-0.05, 0) is 92.4 Å². The van der Waals surface area contributed by atoms with Gasteiger partial charge in [0.15, 0.2) is 10.3 Å². The molecule has 13 nitrogen and oxygen atoms in total. The summed E-state index contributed by atoms with van der Waals surface area (Å²) in [5, 5.41) is 36.6. The summed E-state index contributed by atoms with van der Waals surface area (Å²) < 4.78 is 4.31. The lowest BCUT2D eigenvalue weighted by Crippen LogP contribution is -2.39.